The quantitative estimate of drug-likeness (QED) is 0.871. The predicted octanol–water partition coefficient (Wildman–Crippen LogP) is 1.92. The predicted molar refractivity (Wildman–Crippen MR) is 68.5 cm³/mol. The summed E-state index contributed by atoms with van der Waals surface area (Å²) in [6, 6.07) is 0. The molecule has 0 saturated heterocycles. The Labute approximate surface area is 105 Å². The fraction of sp³-hybridized carbons (Fsp3) is 0.727. The molecule has 1 aromatic rings. The van der Waals surface area contributed by atoms with Crippen LogP contribution in [0.1, 0.15) is 26.0 Å². The number of ether oxygens (including phenoxy) is 1. The molecule has 16 heavy (non-hydrogen) atoms. The minimum Gasteiger partial charge on any atom is -0.383 e. The van der Waals surface area contributed by atoms with Gasteiger partial charge in [0.2, 0.25) is 0 Å². The van der Waals surface area contributed by atoms with Crippen LogP contribution in [0.25, 0.3) is 0 Å². The number of hydrogen-bond acceptors (Lipinski definition) is 3. The van der Waals surface area contributed by atoms with Crippen LogP contribution in [0.15, 0.2) is 10.7 Å². The van der Waals surface area contributed by atoms with Gasteiger partial charge in [-0.25, -0.2) is 0 Å². The van der Waals surface area contributed by atoms with Gasteiger partial charge in [0.15, 0.2) is 0 Å². The molecule has 5 heteroatoms. The maximum absolute atomic E-state index is 5.65. The van der Waals surface area contributed by atoms with Crippen molar-refractivity contribution in [3.63, 3.8) is 0 Å². The lowest BCUT2D eigenvalue weighted by Gasteiger charge is -2.25. The van der Waals surface area contributed by atoms with Crippen molar-refractivity contribution in [1.82, 2.24) is 9.78 Å². The maximum atomic E-state index is 5.65. The van der Waals surface area contributed by atoms with Crippen molar-refractivity contribution in [2.24, 2.45) is 5.73 Å². The summed E-state index contributed by atoms with van der Waals surface area (Å²) in [6.45, 7) is 6.48. The second kappa shape index (κ2) is 5.80. The molecule has 0 unspecified atom stereocenters. The van der Waals surface area contributed by atoms with Crippen LogP contribution in [-0.2, 0) is 16.7 Å². The van der Waals surface area contributed by atoms with E-state index in [0.29, 0.717) is 13.2 Å². The molecule has 0 aliphatic rings. The Morgan fingerprint density at radius 2 is 2.25 bits per heavy atom. The molecule has 0 saturated carbocycles. The monoisotopic (exact) mass is 289 g/mol. The average molecular weight is 290 g/mol. The van der Waals surface area contributed by atoms with E-state index in [2.05, 4.69) is 34.9 Å². The minimum atomic E-state index is 0.0256. The number of nitrogens with zero attached hydrogens (tertiary/aromatic N) is 2. The van der Waals surface area contributed by atoms with Crippen molar-refractivity contribution < 1.29 is 4.74 Å². The van der Waals surface area contributed by atoms with E-state index in [-0.39, 0.29) is 5.41 Å². The summed E-state index contributed by atoms with van der Waals surface area (Å²) in [5, 5.41) is 4.35. The first kappa shape index (κ1) is 13.7. The molecule has 2 N–H and O–H groups in total. The Hall–Kier alpha value is -0.390. The van der Waals surface area contributed by atoms with Gasteiger partial charge in [0.1, 0.15) is 0 Å². The van der Waals surface area contributed by atoms with Crippen LogP contribution >= 0.6 is 15.9 Å². The van der Waals surface area contributed by atoms with Crippen LogP contribution < -0.4 is 5.73 Å². The van der Waals surface area contributed by atoms with Crippen molar-refractivity contribution in [3.8, 4) is 0 Å². The summed E-state index contributed by atoms with van der Waals surface area (Å²) in [6.07, 6.45) is 2.77. The van der Waals surface area contributed by atoms with Crippen LogP contribution in [-0.4, -0.2) is 30.0 Å². The second-order valence-electron chi connectivity index (χ2n) is 4.48. The Morgan fingerprint density at radius 3 is 2.81 bits per heavy atom. The lowest BCUT2D eigenvalue weighted by Crippen LogP contribution is -2.26. The van der Waals surface area contributed by atoms with Crippen molar-refractivity contribution in [1.29, 1.82) is 0 Å². The first-order valence-electron chi connectivity index (χ1n) is 5.43. The zero-order valence-corrected chi connectivity index (χ0v) is 11.7. The summed E-state index contributed by atoms with van der Waals surface area (Å²) in [5.74, 6) is 0. The number of nitrogens with two attached hydrogens (primary N) is 1. The normalized spacial score (nSPS) is 12.1. The third-order valence-corrected chi connectivity index (χ3v) is 3.29. The Kier molecular flexibility index (Phi) is 4.95. The molecule has 0 aromatic carbocycles. The number of methoxy groups -OCH3 is 1. The zero-order chi connectivity index (χ0) is 12.2. The molecule has 92 valence electrons. The lowest BCUT2D eigenvalue weighted by molar-refractivity contribution is 0.180. The lowest BCUT2D eigenvalue weighted by atomic mass is 9.85. The molecule has 1 aromatic heterocycles. The fourth-order valence-corrected chi connectivity index (χ4v) is 2.69. The largest absolute Gasteiger partial charge is 0.383 e. The number of halogens is 1. The van der Waals surface area contributed by atoms with Gasteiger partial charge in [-0.15, -0.1) is 0 Å². The summed E-state index contributed by atoms with van der Waals surface area (Å²) >= 11 is 3.55. The van der Waals surface area contributed by atoms with Crippen molar-refractivity contribution >= 4 is 15.9 Å². The highest BCUT2D eigenvalue weighted by Gasteiger charge is 2.26. The summed E-state index contributed by atoms with van der Waals surface area (Å²) < 4.78 is 8.11. The van der Waals surface area contributed by atoms with Crippen LogP contribution in [0.3, 0.4) is 0 Å². The molecule has 1 heterocycles. The standard InChI is InChI=1S/C11H20BrN3O/c1-11(2,4-5-13)10-9(12)8-14-15(10)6-7-16-3/h8H,4-7,13H2,1-3H3. The van der Waals surface area contributed by atoms with E-state index >= 15 is 0 Å². The van der Waals surface area contributed by atoms with Crippen LogP contribution in [0.5, 0.6) is 0 Å². The number of aromatic nitrogens is 2. The third kappa shape index (κ3) is 3.06. The van der Waals surface area contributed by atoms with Gasteiger partial charge >= 0.3 is 0 Å². The van der Waals surface area contributed by atoms with E-state index in [1.165, 1.54) is 5.69 Å². The Bertz CT molecular complexity index is 336. The molecule has 1 rings (SSSR count). The van der Waals surface area contributed by atoms with Gasteiger partial charge < -0.3 is 10.5 Å². The van der Waals surface area contributed by atoms with Gasteiger partial charge in [-0.05, 0) is 28.9 Å². The van der Waals surface area contributed by atoms with Crippen LogP contribution in [0, 0.1) is 0 Å². The second-order valence-corrected chi connectivity index (χ2v) is 5.33. The smallest absolute Gasteiger partial charge is 0.0659 e. The Morgan fingerprint density at radius 1 is 1.56 bits per heavy atom. The molecule has 0 fully saturated rings. The van der Waals surface area contributed by atoms with Gasteiger partial charge in [-0.2, -0.15) is 5.10 Å². The average Bonchev–Trinajstić information content (AvgIpc) is 2.57. The molecule has 0 atom stereocenters. The van der Waals surface area contributed by atoms with E-state index < -0.39 is 0 Å². The fourth-order valence-electron chi connectivity index (χ4n) is 1.86. The third-order valence-electron chi connectivity index (χ3n) is 2.71. The summed E-state index contributed by atoms with van der Waals surface area (Å²) in [7, 11) is 1.70. The first-order chi connectivity index (χ1) is 7.53. The van der Waals surface area contributed by atoms with E-state index in [1.54, 1.807) is 7.11 Å². The van der Waals surface area contributed by atoms with E-state index in [1.807, 2.05) is 10.9 Å². The van der Waals surface area contributed by atoms with Crippen molar-refractivity contribution in [3.05, 3.63) is 16.4 Å². The summed E-state index contributed by atoms with van der Waals surface area (Å²) in [4.78, 5) is 0. The maximum Gasteiger partial charge on any atom is 0.0659 e. The van der Waals surface area contributed by atoms with Crippen LogP contribution in [0.2, 0.25) is 0 Å². The highest BCUT2D eigenvalue weighted by molar-refractivity contribution is 9.10. The number of rotatable bonds is 6. The van der Waals surface area contributed by atoms with E-state index in [4.69, 9.17) is 10.5 Å². The SMILES string of the molecule is COCCn1ncc(Br)c1C(C)(C)CCN. The molecule has 4 nitrogen and oxygen atoms in total. The number of hydrogen-bond donors (Lipinski definition) is 1. The Balaban J connectivity index is 2.96. The highest BCUT2D eigenvalue weighted by atomic mass is 79.9. The highest BCUT2D eigenvalue weighted by Crippen LogP contribution is 2.32. The molecule has 0 amide bonds. The molecule has 0 radical (unpaired) electrons. The zero-order valence-electron chi connectivity index (χ0n) is 10.2. The van der Waals surface area contributed by atoms with Gasteiger partial charge in [0.25, 0.3) is 0 Å². The van der Waals surface area contributed by atoms with Gasteiger partial charge in [-0.1, -0.05) is 13.8 Å². The molecular weight excluding hydrogens is 270 g/mol. The van der Waals surface area contributed by atoms with Crippen molar-refractivity contribution in [2.45, 2.75) is 32.2 Å². The van der Waals surface area contributed by atoms with Gasteiger partial charge in [0, 0.05) is 12.5 Å². The van der Waals surface area contributed by atoms with Gasteiger partial charge in [-0.3, -0.25) is 4.68 Å². The molecule has 0 bridgehead atoms. The first-order valence-corrected chi connectivity index (χ1v) is 6.23. The van der Waals surface area contributed by atoms with E-state index in [9.17, 15) is 0 Å². The molecular formula is C11H20BrN3O. The molecule has 0 aliphatic carbocycles. The van der Waals surface area contributed by atoms with Crippen LogP contribution in [0.4, 0.5) is 0 Å². The molecule has 0 aliphatic heterocycles. The van der Waals surface area contributed by atoms with Gasteiger partial charge in [0.05, 0.1) is 29.5 Å². The van der Waals surface area contributed by atoms with E-state index in [0.717, 1.165) is 17.4 Å². The minimum absolute atomic E-state index is 0.0256. The topological polar surface area (TPSA) is 53.1 Å². The van der Waals surface area contributed by atoms with Crippen molar-refractivity contribution in [2.75, 3.05) is 20.3 Å². The summed E-state index contributed by atoms with van der Waals surface area (Å²) in [5.41, 5.74) is 6.87. The molecule has 0 spiro atoms.